The number of hydrogen-bond donors (Lipinski definition) is 1. The maximum Gasteiger partial charge on any atom is 0.0509 e. The second-order valence-electron chi connectivity index (χ2n) is 4.80. The molecular weight excluding hydrogens is 198 g/mol. The summed E-state index contributed by atoms with van der Waals surface area (Å²) in [6, 6.07) is 0.657. The van der Waals surface area contributed by atoms with E-state index >= 15 is 0 Å². The molecule has 1 aliphatic heterocycles. The lowest BCUT2D eigenvalue weighted by Gasteiger charge is -2.30. The molecule has 1 aliphatic rings. The van der Waals surface area contributed by atoms with Crippen LogP contribution in [0.4, 0.5) is 0 Å². The van der Waals surface area contributed by atoms with Gasteiger partial charge in [-0.25, -0.2) is 0 Å². The molecule has 0 spiro atoms. The molecule has 2 atom stereocenters. The lowest BCUT2D eigenvalue weighted by atomic mass is 9.90. The SMILES string of the molecule is C=CCCCCCC(NC)C1CCCOC1. The van der Waals surface area contributed by atoms with Crippen LogP contribution in [0.3, 0.4) is 0 Å². The molecule has 1 N–H and O–H groups in total. The Kier molecular flexibility index (Phi) is 7.52. The van der Waals surface area contributed by atoms with Gasteiger partial charge in [0.1, 0.15) is 0 Å². The second-order valence-corrected chi connectivity index (χ2v) is 4.80. The van der Waals surface area contributed by atoms with Crippen molar-refractivity contribution in [2.24, 2.45) is 5.92 Å². The van der Waals surface area contributed by atoms with E-state index in [0.29, 0.717) is 6.04 Å². The molecule has 0 aliphatic carbocycles. The molecule has 2 heteroatoms. The Balaban J connectivity index is 2.12. The zero-order chi connectivity index (χ0) is 11.6. The van der Waals surface area contributed by atoms with Gasteiger partial charge in [-0.15, -0.1) is 6.58 Å². The quantitative estimate of drug-likeness (QED) is 0.506. The fourth-order valence-corrected chi connectivity index (χ4v) is 2.53. The normalized spacial score (nSPS) is 22.9. The highest BCUT2D eigenvalue weighted by Gasteiger charge is 2.22. The summed E-state index contributed by atoms with van der Waals surface area (Å²) < 4.78 is 5.56. The first kappa shape index (κ1) is 13.7. The summed E-state index contributed by atoms with van der Waals surface area (Å²) in [5, 5.41) is 3.46. The third kappa shape index (κ3) is 5.13. The molecule has 1 saturated heterocycles. The summed E-state index contributed by atoms with van der Waals surface area (Å²) >= 11 is 0. The van der Waals surface area contributed by atoms with Gasteiger partial charge >= 0.3 is 0 Å². The Labute approximate surface area is 100 Å². The molecule has 0 amide bonds. The molecule has 0 radical (unpaired) electrons. The van der Waals surface area contributed by atoms with E-state index < -0.39 is 0 Å². The van der Waals surface area contributed by atoms with Crippen LogP contribution in [0.15, 0.2) is 12.7 Å². The Morgan fingerprint density at radius 3 is 2.94 bits per heavy atom. The first-order chi connectivity index (χ1) is 7.88. The number of hydrogen-bond acceptors (Lipinski definition) is 2. The Hall–Kier alpha value is -0.340. The molecule has 0 aromatic carbocycles. The van der Waals surface area contributed by atoms with Gasteiger partial charge in [0.15, 0.2) is 0 Å². The van der Waals surface area contributed by atoms with Crippen molar-refractivity contribution in [2.45, 2.75) is 51.0 Å². The Bertz CT molecular complexity index is 176. The Morgan fingerprint density at radius 2 is 2.31 bits per heavy atom. The summed E-state index contributed by atoms with van der Waals surface area (Å²) in [4.78, 5) is 0. The zero-order valence-electron chi connectivity index (χ0n) is 10.7. The first-order valence-corrected chi connectivity index (χ1v) is 6.74. The van der Waals surface area contributed by atoms with Gasteiger partial charge in [-0.3, -0.25) is 0 Å². The van der Waals surface area contributed by atoms with Gasteiger partial charge in [-0.05, 0) is 45.1 Å². The van der Waals surface area contributed by atoms with Gasteiger partial charge < -0.3 is 10.1 Å². The maximum absolute atomic E-state index is 5.56. The smallest absolute Gasteiger partial charge is 0.0509 e. The molecule has 2 nitrogen and oxygen atoms in total. The van der Waals surface area contributed by atoms with Crippen molar-refractivity contribution in [3.05, 3.63) is 12.7 Å². The van der Waals surface area contributed by atoms with Gasteiger partial charge in [0.2, 0.25) is 0 Å². The topological polar surface area (TPSA) is 21.3 Å². The predicted molar refractivity (Wildman–Crippen MR) is 69.7 cm³/mol. The zero-order valence-corrected chi connectivity index (χ0v) is 10.7. The summed E-state index contributed by atoms with van der Waals surface area (Å²) in [5.74, 6) is 0.734. The fraction of sp³-hybridized carbons (Fsp3) is 0.857. The van der Waals surface area contributed by atoms with Gasteiger partial charge in [0.05, 0.1) is 6.61 Å². The minimum absolute atomic E-state index is 0.657. The van der Waals surface area contributed by atoms with E-state index in [1.54, 1.807) is 0 Å². The average molecular weight is 225 g/mol. The molecule has 0 saturated carbocycles. The van der Waals surface area contributed by atoms with Crippen molar-refractivity contribution in [1.82, 2.24) is 5.32 Å². The highest BCUT2D eigenvalue weighted by molar-refractivity contribution is 4.77. The number of allylic oxidation sites excluding steroid dienone is 1. The predicted octanol–water partition coefficient (Wildman–Crippen LogP) is 3.14. The minimum Gasteiger partial charge on any atom is -0.381 e. The average Bonchev–Trinajstić information content (AvgIpc) is 2.35. The van der Waals surface area contributed by atoms with E-state index in [-0.39, 0.29) is 0 Å². The summed E-state index contributed by atoms with van der Waals surface area (Å²) in [6.45, 7) is 5.68. The van der Waals surface area contributed by atoms with E-state index in [0.717, 1.165) is 25.6 Å². The van der Waals surface area contributed by atoms with E-state index in [1.165, 1.54) is 38.5 Å². The van der Waals surface area contributed by atoms with Crippen LogP contribution in [-0.2, 0) is 4.74 Å². The second kappa shape index (κ2) is 8.77. The molecule has 0 bridgehead atoms. The van der Waals surface area contributed by atoms with Crippen LogP contribution >= 0.6 is 0 Å². The van der Waals surface area contributed by atoms with Crippen LogP contribution in [0.5, 0.6) is 0 Å². The van der Waals surface area contributed by atoms with Gasteiger partial charge in [-0.2, -0.15) is 0 Å². The van der Waals surface area contributed by atoms with Crippen molar-refractivity contribution < 1.29 is 4.74 Å². The molecular formula is C14H27NO. The highest BCUT2D eigenvalue weighted by Crippen LogP contribution is 2.21. The van der Waals surface area contributed by atoms with Crippen LogP contribution in [0, 0.1) is 5.92 Å². The lowest BCUT2D eigenvalue weighted by Crippen LogP contribution is -2.38. The van der Waals surface area contributed by atoms with E-state index in [4.69, 9.17) is 4.74 Å². The third-order valence-electron chi connectivity index (χ3n) is 3.56. The molecule has 2 unspecified atom stereocenters. The maximum atomic E-state index is 5.56. The van der Waals surface area contributed by atoms with Gasteiger partial charge in [0.25, 0.3) is 0 Å². The Morgan fingerprint density at radius 1 is 1.44 bits per heavy atom. The monoisotopic (exact) mass is 225 g/mol. The van der Waals surface area contributed by atoms with Crippen LogP contribution < -0.4 is 5.32 Å². The molecule has 0 aromatic rings. The molecule has 0 aromatic heterocycles. The van der Waals surface area contributed by atoms with E-state index in [2.05, 4.69) is 18.9 Å². The molecule has 1 rings (SSSR count). The van der Waals surface area contributed by atoms with E-state index in [9.17, 15) is 0 Å². The van der Waals surface area contributed by atoms with Crippen LogP contribution in [0.1, 0.15) is 44.9 Å². The fourth-order valence-electron chi connectivity index (χ4n) is 2.53. The van der Waals surface area contributed by atoms with Crippen molar-refractivity contribution >= 4 is 0 Å². The van der Waals surface area contributed by atoms with Crippen molar-refractivity contribution in [1.29, 1.82) is 0 Å². The van der Waals surface area contributed by atoms with E-state index in [1.807, 2.05) is 6.08 Å². The van der Waals surface area contributed by atoms with Crippen LogP contribution in [0.25, 0.3) is 0 Å². The first-order valence-electron chi connectivity index (χ1n) is 6.74. The summed E-state index contributed by atoms with van der Waals surface area (Å²) in [5.41, 5.74) is 0. The molecule has 1 fully saturated rings. The van der Waals surface area contributed by atoms with Crippen LogP contribution in [0.2, 0.25) is 0 Å². The van der Waals surface area contributed by atoms with Crippen molar-refractivity contribution in [2.75, 3.05) is 20.3 Å². The largest absolute Gasteiger partial charge is 0.381 e. The summed E-state index contributed by atoms with van der Waals surface area (Å²) in [7, 11) is 2.09. The van der Waals surface area contributed by atoms with Crippen LogP contribution in [-0.4, -0.2) is 26.3 Å². The highest BCUT2D eigenvalue weighted by atomic mass is 16.5. The molecule has 94 valence electrons. The number of nitrogens with one attached hydrogen (secondary N) is 1. The lowest BCUT2D eigenvalue weighted by molar-refractivity contribution is 0.0387. The summed E-state index contributed by atoms with van der Waals surface area (Å²) in [6.07, 6.45) is 11.0. The van der Waals surface area contributed by atoms with Crippen molar-refractivity contribution in [3.8, 4) is 0 Å². The third-order valence-corrected chi connectivity index (χ3v) is 3.56. The minimum atomic E-state index is 0.657. The molecule has 1 heterocycles. The van der Waals surface area contributed by atoms with Gasteiger partial charge in [-0.1, -0.05) is 18.9 Å². The number of ether oxygens (including phenoxy) is 1. The van der Waals surface area contributed by atoms with Gasteiger partial charge in [0, 0.05) is 12.6 Å². The number of unbranched alkanes of at least 4 members (excludes halogenated alkanes) is 3. The molecule has 16 heavy (non-hydrogen) atoms. The van der Waals surface area contributed by atoms with Crippen molar-refractivity contribution in [3.63, 3.8) is 0 Å². The standard InChI is InChI=1S/C14H27NO/c1-3-4-5-6-7-10-14(15-2)13-9-8-11-16-12-13/h3,13-15H,1,4-12H2,2H3. The number of rotatable bonds is 8.